The number of fused-ring (bicyclic) bond motifs is 1. The minimum atomic E-state index is -1.22. The van der Waals surface area contributed by atoms with Crippen molar-refractivity contribution in [2.75, 3.05) is 11.5 Å². The van der Waals surface area contributed by atoms with Crippen molar-refractivity contribution in [2.24, 2.45) is 5.73 Å². The van der Waals surface area contributed by atoms with Crippen molar-refractivity contribution < 1.29 is 9.35 Å². The maximum atomic E-state index is 12.3. The summed E-state index contributed by atoms with van der Waals surface area (Å²) < 4.78 is 12.8. The van der Waals surface area contributed by atoms with Crippen LogP contribution in [0.4, 0.5) is 5.69 Å². The summed E-state index contributed by atoms with van der Waals surface area (Å²) in [5.41, 5.74) is 11.9. The number of amides is 1. The van der Waals surface area contributed by atoms with Gasteiger partial charge < -0.3 is 16.0 Å². The molecule has 4 N–H and O–H groups in total. The molecule has 0 aliphatic rings. The van der Waals surface area contributed by atoms with Crippen LogP contribution >= 0.6 is 22.7 Å². The Kier molecular flexibility index (Phi) is 4.53. The van der Waals surface area contributed by atoms with E-state index in [1.54, 1.807) is 0 Å². The molecule has 0 aliphatic heterocycles. The van der Waals surface area contributed by atoms with E-state index in [-0.39, 0.29) is 5.69 Å². The Balaban J connectivity index is 2.25. The van der Waals surface area contributed by atoms with Gasteiger partial charge in [-0.3, -0.25) is 4.79 Å². The van der Waals surface area contributed by atoms with Gasteiger partial charge >= 0.3 is 0 Å². The molecule has 3 rings (SSSR count). The van der Waals surface area contributed by atoms with Gasteiger partial charge in [-0.2, -0.15) is 0 Å². The first-order valence-electron chi connectivity index (χ1n) is 6.85. The van der Waals surface area contributed by atoms with Gasteiger partial charge in [0.2, 0.25) is 4.21 Å². The van der Waals surface area contributed by atoms with Crippen LogP contribution in [0.25, 0.3) is 20.9 Å². The van der Waals surface area contributed by atoms with Gasteiger partial charge in [0, 0.05) is 0 Å². The Morgan fingerprint density at radius 2 is 2.22 bits per heavy atom. The fraction of sp³-hybridized carbons (Fsp3) is 0.214. The quantitative estimate of drug-likeness (QED) is 0.673. The van der Waals surface area contributed by atoms with Gasteiger partial charge in [0.1, 0.15) is 22.0 Å². The smallest absolute Gasteiger partial charge is 0.268 e. The van der Waals surface area contributed by atoms with Crippen LogP contribution in [0.3, 0.4) is 0 Å². The molecule has 0 aromatic carbocycles. The highest BCUT2D eigenvalue weighted by Crippen LogP contribution is 2.39. The summed E-state index contributed by atoms with van der Waals surface area (Å²) in [6.07, 6.45) is 0.773. The van der Waals surface area contributed by atoms with Crippen molar-refractivity contribution in [1.29, 1.82) is 0 Å². The fourth-order valence-corrected chi connectivity index (χ4v) is 5.39. The zero-order chi connectivity index (χ0) is 16.6. The third-order valence-corrected chi connectivity index (χ3v) is 7.11. The molecule has 0 radical (unpaired) electrons. The highest BCUT2D eigenvalue weighted by atomic mass is 32.2. The highest BCUT2D eigenvalue weighted by Gasteiger charge is 2.26. The van der Waals surface area contributed by atoms with Crippen LogP contribution in [0.2, 0.25) is 0 Å². The van der Waals surface area contributed by atoms with Gasteiger partial charge in [-0.15, -0.1) is 11.3 Å². The second-order valence-corrected chi connectivity index (χ2v) is 8.48. The summed E-state index contributed by atoms with van der Waals surface area (Å²) >= 11 is 1.49. The third-order valence-electron chi connectivity index (χ3n) is 3.13. The molecular formula is C14H14N4O2S3. The van der Waals surface area contributed by atoms with Crippen molar-refractivity contribution >= 4 is 55.7 Å². The second kappa shape index (κ2) is 6.44. The predicted octanol–water partition coefficient (Wildman–Crippen LogP) is 2.62. The Labute approximate surface area is 143 Å². The molecule has 23 heavy (non-hydrogen) atoms. The number of nitrogens with two attached hydrogens (primary N) is 2. The van der Waals surface area contributed by atoms with Crippen molar-refractivity contribution in [2.45, 2.75) is 17.6 Å². The fourth-order valence-electron chi connectivity index (χ4n) is 2.14. The Morgan fingerprint density at radius 3 is 2.83 bits per heavy atom. The molecule has 120 valence electrons. The molecule has 0 fully saturated rings. The molecule has 0 aliphatic carbocycles. The van der Waals surface area contributed by atoms with Gasteiger partial charge in [0.05, 0.1) is 10.3 Å². The molecule has 1 atom stereocenters. The van der Waals surface area contributed by atoms with Gasteiger partial charge in [0.15, 0.2) is 5.82 Å². The lowest BCUT2D eigenvalue weighted by atomic mass is 10.2. The average Bonchev–Trinajstić information content (AvgIpc) is 3.15. The van der Waals surface area contributed by atoms with Crippen LogP contribution in [-0.4, -0.2) is 26.2 Å². The van der Waals surface area contributed by atoms with Crippen LogP contribution < -0.4 is 11.5 Å². The lowest BCUT2D eigenvalue weighted by molar-refractivity contribution is 0.0997. The van der Waals surface area contributed by atoms with Crippen LogP contribution in [0.5, 0.6) is 0 Å². The minimum absolute atomic E-state index is 0.0758. The van der Waals surface area contributed by atoms with E-state index >= 15 is 0 Å². The van der Waals surface area contributed by atoms with E-state index in [0.29, 0.717) is 31.7 Å². The molecule has 3 heterocycles. The molecule has 6 nitrogen and oxygen atoms in total. The average molecular weight is 366 g/mol. The van der Waals surface area contributed by atoms with E-state index in [2.05, 4.69) is 9.97 Å². The molecule has 1 amide bonds. The topological polar surface area (TPSA) is 118 Å². The van der Waals surface area contributed by atoms with Crippen LogP contribution in [0, 0.1) is 0 Å². The van der Waals surface area contributed by atoms with E-state index in [9.17, 15) is 9.35 Å². The molecule has 3 aromatic heterocycles. The van der Waals surface area contributed by atoms with Crippen molar-refractivity contribution in [3.05, 3.63) is 23.2 Å². The molecule has 0 saturated heterocycles. The Bertz CT molecular complexity index is 861. The molecule has 9 heteroatoms. The molecule has 1 unspecified atom stereocenters. The normalized spacial score (nSPS) is 12.6. The largest absolute Gasteiger partial charge is 0.611 e. The van der Waals surface area contributed by atoms with Crippen LogP contribution in [0.1, 0.15) is 23.8 Å². The minimum Gasteiger partial charge on any atom is -0.611 e. The zero-order valence-electron chi connectivity index (χ0n) is 12.2. The molecular weight excluding hydrogens is 352 g/mol. The molecule has 0 bridgehead atoms. The van der Waals surface area contributed by atoms with Crippen molar-refractivity contribution in [3.63, 3.8) is 0 Å². The predicted molar refractivity (Wildman–Crippen MR) is 95.2 cm³/mol. The monoisotopic (exact) mass is 366 g/mol. The number of nitrogen functional groups attached to an aromatic ring is 1. The van der Waals surface area contributed by atoms with E-state index < -0.39 is 17.1 Å². The first-order valence-corrected chi connectivity index (χ1v) is 9.86. The summed E-state index contributed by atoms with van der Waals surface area (Å²) in [7, 11) is 0. The summed E-state index contributed by atoms with van der Waals surface area (Å²) in [4.78, 5) is 21.9. The van der Waals surface area contributed by atoms with Gasteiger partial charge in [-0.1, -0.05) is 24.3 Å². The van der Waals surface area contributed by atoms with Crippen molar-refractivity contribution in [3.8, 4) is 10.7 Å². The zero-order valence-corrected chi connectivity index (χ0v) is 14.7. The maximum absolute atomic E-state index is 12.3. The third kappa shape index (κ3) is 2.92. The number of rotatable bonds is 5. The molecule has 0 saturated carbocycles. The Hall–Kier alpha value is -1.68. The van der Waals surface area contributed by atoms with Gasteiger partial charge in [-0.05, 0) is 29.0 Å². The van der Waals surface area contributed by atoms with Gasteiger partial charge in [-0.25, -0.2) is 9.97 Å². The lowest BCUT2D eigenvalue weighted by Crippen LogP contribution is -2.15. The first-order chi connectivity index (χ1) is 11.0. The number of carbonyl (C=O) groups excluding carboxylic acids is 1. The standard InChI is InChI=1S/C14H14N4O2S3/c1-2-6-23(20)14-9(15)8-10(11(16)19)17-12(18-13(8)22-14)7-4-3-5-21-7/h3-5H,2,6,15H2,1H3,(H2,16,19). The number of carbonyl (C=O) groups is 1. The summed E-state index contributed by atoms with van der Waals surface area (Å²) in [6, 6.07) is 3.74. The second-order valence-electron chi connectivity index (χ2n) is 4.77. The first kappa shape index (κ1) is 16.2. The van der Waals surface area contributed by atoms with Gasteiger partial charge in [0.25, 0.3) is 5.91 Å². The van der Waals surface area contributed by atoms with E-state index in [1.165, 1.54) is 22.7 Å². The number of primary amides is 1. The summed E-state index contributed by atoms with van der Waals surface area (Å²) in [5, 5.41) is 2.31. The highest BCUT2D eigenvalue weighted by molar-refractivity contribution is 7.93. The SMILES string of the molecule is CCC[S+]([O-])c1sc2nc(-c3cccs3)nc(C(N)=O)c2c1N. The van der Waals surface area contributed by atoms with E-state index in [1.807, 2.05) is 24.4 Å². The number of anilines is 1. The summed E-state index contributed by atoms with van der Waals surface area (Å²) in [6.45, 7) is 1.95. The molecule has 0 spiro atoms. The van der Waals surface area contributed by atoms with E-state index in [0.717, 1.165) is 11.3 Å². The Morgan fingerprint density at radius 1 is 1.43 bits per heavy atom. The van der Waals surface area contributed by atoms with Crippen LogP contribution in [-0.2, 0) is 11.2 Å². The number of aromatic nitrogens is 2. The number of hydrogen-bond acceptors (Lipinski definition) is 7. The van der Waals surface area contributed by atoms with Crippen molar-refractivity contribution in [1.82, 2.24) is 9.97 Å². The lowest BCUT2D eigenvalue weighted by Gasteiger charge is -2.07. The van der Waals surface area contributed by atoms with Crippen LogP contribution in [0.15, 0.2) is 21.7 Å². The maximum Gasteiger partial charge on any atom is 0.268 e. The number of thiophene rings is 2. The summed E-state index contributed by atoms with van der Waals surface area (Å²) in [5.74, 6) is 0.261. The number of hydrogen-bond donors (Lipinski definition) is 2. The molecule has 3 aromatic rings. The number of nitrogens with zero attached hydrogens (tertiary/aromatic N) is 2. The van der Waals surface area contributed by atoms with E-state index in [4.69, 9.17) is 11.5 Å².